The van der Waals surface area contributed by atoms with Gasteiger partial charge in [-0.1, -0.05) is 0 Å². The highest BCUT2D eigenvalue weighted by Crippen LogP contribution is 2.21. The Morgan fingerprint density at radius 2 is 2.19 bits per heavy atom. The van der Waals surface area contributed by atoms with Crippen molar-refractivity contribution >= 4 is 28.6 Å². The molecule has 0 saturated carbocycles. The minimum atomic E-state index is 0.209. The van der Waals surface area contributed by atoms with E-state index in [1.165, 1.54) is 0 Å². The first-order chi connectivity index (χ1) is 10.3. The number of fused-ring (bicyclic) bond motifs is 1. The van der Waals surface area contributed by atoms with Crippen molar-refractivity contribution in [2.75, 3.05) is 11.9 Å². The average Bonchev–Trinajstić information content (AvgIpc) is 3.12. The van der Waals surface area contributed by atoms with Crippen LogP contribution in [0.2, 0.25) is 5.28 Å². The predicted octanol–water partition coefficient (Wildman–Crippen LogP) is 2.20. The Morgan fingerprint density at radius 1 is 1.29 bits per heavy atom. The molecule has 0 spiro atoms. The molecule has 8 heteroatoms. The maximum Gasteiger partial charge on any atom is 0.226 e. The van der Waals surface area contributed by atoms with Gasteiger partial charge in [-0.25, -0.2) is 9.97 Å². The van der Waals surface area contributed by atoms with Gasteiger partial charge in [0.2, 0.25) is 5.28 Å². The van der Waals surface area contributed by atoms with Crippen molar-refractivity contribution in [3.63, 3.8) is 0 Å². The van der Waals surface area contributed by atoms with E-state index in [0.29, 0.717) is 5.65 Å². The van der Waals surface area contributed by atoms with Crippen LogP contribution in [0.5, 0.6) is 0 Å². The zero-order valence-electron chi connectivity index (χ0n) is 11.7. The van der Waals surface area contributed by atoms with Crippen molar-refractivity contribution in [1.82, 2.24) is 29.1 Å². The highest BCUT2D eigenvalue weighted by molar-refractivity contribution is 6.28. The van der Waals surface area contributed by atoms with E-state index in [1.54, 1.807) is 12.5 Å². The van der Waals surface area contributed by atoms with Gasteiger partial charge in [0, 0.05) is 32.0 Å². The number of anilines is 1. The summed E-state index contributed by atoms with van der Waals surface area (Å²) < 4.78 is 4.05. The lowest BCUT2D eigenvalue weighted by Crippen LogP contribution is -2.09. The van der Waals surface area contributed by atoms with Gasteiger partial charge in [-0.3, -0.25) is 0 Å². The van der Waals surface area contributed by atoms with Crippen LogP contribution in [0.4, 0.5) is 5.82 Å². The zero-order valence-corrected chi connectivity index (χ0v) is 12.5. The van der Waals surface area contributed by atoms with Crippen LogP contribution in [0.3, 0.4) is 0 Å². The monoisotopic (exact) mass is 305 g/mol. The van der Waals surface area contributed by atoms with E-state index in [4.69, 9.17) is 11.6 Å². The smallest absolute Gasteiger partial charge is 0.226 e. The molecular weight excluding hydrogens is 290 g/mol. The summed E-state index contributed by atoms with van der Waals surface area (Å²) in [5, 5.41) is 3.53. The largest absolute Gasteiger partial charge is 0.368 e. The van der Waals surface area contributed by atoms with Crippen LogP contribution >= 0.6 is 11.6 Å². The number of hydrogen-bond acceptors (Lipinski definition) is 5. The summed E-state index contributed by atoms with van der Waals surface area (Å²) in [6, 6.07) is 0. The number of halogens is 1. The Hall–Kier alpha value is -2.15. The van der Waals surface area contributed by atoms with Crippen LogP contribution in [0, 0.1) is 0 Å². The Balaban J connectivity index is 1.72. The molecule has 110 valence electrons. The SMILES string of the molecule is CCn1cnc2nc(Cl)nc(NCCCn3ccnc3)c21. The number of aryl methyl sites for hydroxylation is 2. The van der Waals surface area contributed by atoms with Crippen molar-refractivity contribution in [2.24, 2.45) is 0 Å². The molecule has 21 heavy (non-hydrogen) atoms. The fourth-order valence-electron chi connectivity index (χ4n) is 2.20. The molecule has 0 fully saturated rings. The van der Waals surface area contributed by atoms with Gasteiger partial charge in [0.25, 0.3) is 0 Å². The molecule has 0 aliphatic heterocycles. The van der Waals surface area contributed by atoms with Crippen LogP contribution < -0.4 is 5.32 Å². The van der Waals surface area contributed by atoms with Crippen molar-refractivity contribution < 1.29 is 0 Å². The number of imidazole rings is 2. The Labute approximate surface area is 127 Å². The molecule has 0 aromatic carbocycles. The minimum Gasteiger partial charge on any atom is -0.368 e. The summed E-state index contributed by atoms with van der Waals surface area (Å²) in [7, 11) is 0. The summed E-state index contributed by atoms with van der Waals surface area (Å²) in [6.07, 6.45) is 8.25. The summed E-state index contributed by atoms with van der Waals surface area (Å²) in [5.41, 5.74) is 1.51. The van der Waals surface area contributed by atoms with Gasteiger partial charge in [0.15, 0.2) is 11.5 Å². The molecule has 1 N–H and O–H groups in total. The number of aromatic nitrogens is 6. The summed E-state index contributed by atoms with van der Waals surface area (Å²) in [5.74, 6) is 0.731. The average molecular weight is 306 g/mol. The molecule has 0 radical (unpaired) electrons. The lowest BCUT2D eigenvalue weighted by atomic mass is 10.4. The van der Waals surface area contributed by atoms with Crippen molar-refractivity contribution in [2.45, 2.75) is 26.4 Å². The number of nitrogens with zero attached hydrogens (tertiary/aromatic N) is 6. The molecule has 3 aromatic rings. The van der Waals surface area contributed by atoms with E-state index in [0.717, 1.165) is 37.4 Å². The van der Waals surface area contributed by atoms with E-state index in [1.807, 2.05) is 21.7 Å². The molecule has 0 unspecified atom stereocenters. The normalized spacial score (nSPS) is 11.1. The number of rotatable bonds is 6. The Bertz CT molecular complexity index is 720. The van der Waals surface area contributed by atoms with E-state index >= 15 is 0 Å². The van der Waals surface area contributed by atoms with Crippen LogP contribution in [-0.4, -0.2) is 35.6 Å². The molecule has 0 amide bonds. The molecule has 3 rings (SSSR count). The Kier molecular flexibility index (Phi) is 4.01. The van der Waals surface area contributed by atoms with Gasteiger partial charge in [-0.2, -0.15) is 9.97 Å². The molecule has 3 heterocycles. The fraction of sp³-hybridized carbons (Fsp3) is 0.385. The minimum absolute atomic E-state index is 0.209. The first-order valence-electron chi connectivity index (χ1n) is 6.86. The van der Waals surface area contributed by atoms with Gasteiger partial charge in [0.05, 0.1) is 12.7 Å². The summed E-state index contributed by atoms with van der Waals surface area (Å²) in [6.45, 7) is 4.56. The van der Waals surface area contributed by atoms with Gasteiger partial charge in [-0.05, 0) is 24.9 Å². The third kappa shape index (κ3) is 2.97. The number of hydrogen-bond donors (Lipinski definition) is 1. The molecular formula is C13H16ClN7. The van der Waals surface area contributed by atoms with Gasteiger partial charge in [-0.15, -0.1) is 0 Å². The number of nitrogens with one attached hydrogen (secondary N) is 1. The van der Waals surface area contributed by atoms with Crippen LogP contribution in [0.15, 0.2) is 25.0 Å². The van der Waals surface area contributed by atoms with Crippen molar-refractivity contribution in [3.05, 3.63) is 30.3 Å². The molecule has 0 bridgehead atoms. The maximum absolute atomic E-state index is 5.95. The topological polar surface area (TPSA) is 73.5 Å². The molecule has 0 aliphatic rings. The third-order valence-corrected chi connectivity index (χ3v) is 3.40. The van der Waals surface area contributed by atoms with Gasteiger partial charge in [0.1, 0.15) is 5.52 Å². The van der Waals surface area contributed by atoms with Gasteiger partial charge < -0.3 is 14.5 Å². The second kappa shape index (κ2) is 6.09. The molecule has 0 atom stereocenters. The maximum atomic E-state index is 5.95. The van der Waals surface area contributed by atoms with Crippen LogP contribution in [0.1, 0.15) is 13.3 Å². The first kappa shape index (κ1) is 13.8. The van der Waals surface area contributed by atoms with Crippen molar-refractivity contribution in [1.29, 1.82) is 0 Å². The summed E-state index contributed by atoms with van der Waals surface area (Å²) in [4.78, 5) is 16.7. The molecule has 0 saturated heterocycles. The zero-order chi connectivity index (χ0) is 14.7. The van der Waals surface area contributed by atoms with Crippen LogP contribution in [0.25, 0.3) is 11.2 Å². The van der Waals surface area contributed by atoms with Gasteiger partial charge >= 0.3 is 0 Å². The van der Waals surface area contributed by atoms with E-state index < -0.39 is 0 Å². The molecule has 0 aliphatic carbocycles. The molecule has 7 nitrogen and oxygen atoms in total. The van der Waals surface area contributed by atoms with E-state index in [-0.39, 0.29) is 5.28 Å². The lowest BCUT2D eigenvalue weighted by molar-refractivity contribution is 0.660. The van der Waals surface area contributed by atoms with E-state index in [2.05, 4.69) is 32.2 Å². The van der Waals surface area contributed by atoms with E-state index in [9.17, 15) is 0 Å². The highest BCUT2D eigenvalue weighted by atomic mass is 35.5. The predicted molar refractivity (Wildman–Crippen MR) is 81.3 cm³/mol. The highest BCUT2D eigenvalue weighted by Gasteiger charge is 2.11. The quantitative estimate of drug-likeness (QED) is 0.558. The fourth-order valence-corrected chi connectivity index (χ4v) is 2.37. The third-order valence-electron chi connectivity index (χ3n) is 3.23. The van der Waals surface area contributed by atoms with Crippen LogP contribution in [-0.2, 0) is 13.1 Å². The first-order valence-corrected chi connectivity index (χ1v) is 7.23. The second-order valence-electron chi connectivity index (χ2n) is 4.62. The Morgan fingerprint density at radius 3 is 2.95 bits per heavy atom. The molecule has 3 aromatic heterocycles. The second-order valence-corrected chi connectivity index (χ2v) is 4.96. The van der Waals surface area contributed by atoms with Crippen molar-refractivity contribution in [3.8, 4) is 0 Å². The summed E-state index contributed by atoms with van der Waals surface area (Å²) >= 11 is 5.95. The lowest BCUT2D eigenvalue weighted by Gasteiger charge is -2.09. The standard InChI is InChI=1S/C13H16ClN7/c1-2-21-9-17-12-10(21)11(18-13(14)19-12)16-4-3-6-20-7-5-15-8-20/h5,7-9H,2-4,6H2,1H3,(H,16,18,19).